The molecule has 1 aromatic heterocycles. The molecule has 1 fully saturated rings. The highest BCUT2D eigenvalue weighted by Crippen LogP contribution is 2.29. The van der Waals surface area contributed by atoms with Crippen LogP contribution in [-0.2, 0) is 4.79 Å². The third kappa shape index (κ3) is 5.46. The molecule has 1 N–H and O–H groups in total. The monoisotopic (exact) mass is 435 g/mol. The molecule has 0 aliphatic carbocycles. The summed E-state index contributed by atoms with van der Waals surface area (Å²) in [5.74, 6) is 1.99. The van der Waals surface area contributed by atoms with E-state index in [0.29, 0.717) is 5.75 Å². The first-order chi connectivity index (χ1) is 15.2. The maximum atomic E-state index is 12.1. The second kappa shape index (κ2) is 10.2. The van der Waals surface area contributed by atoms with Crippen LogP contribution in [0.1, 0.15) is 0 Å². The van der Waals surface area contributed by atoms with E-state index < -0.39 is 0 Å². The van der Waals surface area contributed by atoms with Gasteiger partial charge in [0, 0.05) is 31.9 Å². The molecule has 0 spiro atoms. The van der Waals surface area contributed by atoms with Gasteiger partial charge in [-0.25, -0.2) is 0 Å². The smallest absolute Gasteiger partial charge is 0.234 e. The molecule has 160 valence electrons. The molecule has 31 heavy (non-hydrogen) atoms. The van der Waals surface area contributed by atoms with Crippen LogP contribution in [0.4, 0.5) is 17.2 Å². The van der Waals surface area contributed by atoms with Crippen LogP contribution >= 0.6 is 11.8 Å². The van der Waals surface area contributed by atoms with E-state index >= 15 is 0 Å². The fourth-order valence-electron chi connectivity index (χ4n) is 3.48. The molecule has 2 aromatic carbocycles. The molecule has 0 radical (unpaired) electrons. The van der Waals surface area contributed by atoms with Crippen LogP contribution in [0, 0.1) is 0 Å². The lowest BCUT2D eigenvalue weighted by Gasteiger charge is -2.37. The van der Waals surface area contributed by atoms with Gasteiger partial charge in [-0.2, -0.15) is 0 Å². The molecule has 8 heteroatoms. The number of rotatable bonds is 7. The van der Waals surface area contributed by atoms with Crippen molar-refractivity contribution in [2.45, 2.75) is 5.03 Å². The van der Waals surface area contributed by atoms with E-state index in [1.165, 1.54) is 11.8 Å². The predicted molar refractivity (Wildman–Crippen MR) is 125 cm³/mol. The summed E-state index contributed by atoms with van der Waals surface area (Å²) >= 11 is 1.38. The van der Waals surface area contributed by atoms with Crippen LogP contribution < -0.4 is 19.9 Å². The highest BCUT2D eigenvalue weighted by molar-refractivity contribution is 7.99. The number of para-hydroxylation sites is 3. The van der Waals surface area contributed by atoms with Crippen molar-refractivity contribution >= 4 is 34.9 Å². The Balaban J connectivity index is 1.27. The number of nitrogens with zero attached hydrogens (tertiary/aromatic N) is 4. The number of hydrogen-bond acceptors (Lipinski definition) is 7. The number of piperazine rings is 1. The van der Waals surface area contributed by atoms with Crippen molar-refractivity contribution in [1.29, 1.82) is 0 Å². The average molecular weight is 436 g/mol. The van der Waals surface area contributed by atoms with Crippen LogP contribution in [-0.4, -0.2) is 55.1 Å². The summed E-state index contributed by atoms with van der Waals surface area (Å²) in [4.78, 5) is 16.7. The van der Waals surface area contributed by atoms with Gasteiger partial charge < -0.3 is 19.9 Å². The van der Waals surface area contributed by atoms with Crippen LogP contribution in [0.15, 0.2) is 71.8 Å². The molecule has 0 bridgehead atoms. The summed E-state index contributed by atoms with van der Waals surface area (Å²) < 4.78 is 5.49. The highest BCUT2D eigenvalue weighted by atomic mass is 32.2. The maximum Gasteiger partial charge on any atom is 0.234 e. The molecule has 1 aliphatic heterocycles. The number of aromatic nitrogens is 2. The molecule has 4 rings (SSSR count). The molecule has 0 atom stereocenters. The Kier molecular flexibility index (Phi) is 6.89. The minimum absolute atomic E-state index is 0.0606. The van der Waals surface area contributed by atoms with E-state index in [1.54, 1.807) is 7.11 Å². The molecule has 1 amide bonds. The first-order valence-electron chi connectivity index (χ1n) is 10.2. The van der Waals surface area contributed by atoms with Crippen molar-refractivity contribution in [2.24, 2.45) is 0 Å². The summed E-state index contributed by atoms with van der Waals surface area (Å²) in [6, 6.07) is 21.4. The second-order valence-electron chi connectivity index (χ2n) is 7.08. The Morgan fingerprint density at radius 2 is 1.65 bits per heavy atom. The Morgan fingerprint density at radius 1 is 0.935 bits per heavy atom. The molecule has 1 saturated heterocycles. The van der Waals surface area contributed by atoms with Crippen LogP contribution in [0.2, 0.25) is 0 Å². The van der Waals surface area contributed by atoms with Crippen molar-refractivity contribution in [3.8, 4) is 5.75 Å². The van der Waals surface area contributed by atoms with E-state index in [0.717, 1.165) is 54.1 Å². The number of hydrogen-bond donors (Lipinski definition) is 1. The zero-order valence-electron chi connectivity index (χ0n) is 17.4. The zero-order valence-corrected chi connectivity index (χ0v) is 18.2. The van der Waals surface area contributed by atoms with E-state index in [1.807, 2.05) is 60.7 Å². The first-order valence-corrected chi connectivity index (χ1v) is 11.2. The number of ether oxygens (including phenoxy) is 1. The van der Waals surface area contributed by atoms with Gasteiger partial charge >= 0.3 is 0 Å². The molecule has 0 unspecified atom stereocenters. The average Bonchev–Trinajstić information content (AvgIpc) is 2.84. The van der Waals surface area contributed by atoms with Crippen molar-refractivity contribution < 1.29 is 9.53 Å². The number of nitrogens with one attached hydrogen (secondary N) is 1. The van der Waals surface area contributed by atoms with Gasteiger partial charge in [-0.15, -0.1) is 10.2 Å². The topological polar surface area (TPSA) is 70.6 Å². The van der Waals surface area contributed by atoms with Gasteiger partial charge in [-0.3, -0.25) is 4.79 Å². The molecular weight excluding hydrogens is 410 g/mol. The van der Waals surface area contributed by atoms with E-state index in [9.17, 15) is 4.79 Å². The number of carbonyl (C=O) groups excluding carboxylic acids is 1. The summed E-state index contributed by atoms with van der Waals surface area (Å²) in [5, 5.41) is 12.3. The van der Waals surface area contributed by atoms with E-state index in [-0.39, 0.29) is 5.91 Å². The van der Waals surface area contributed by atoms with E-state index in [2.05, 4.69) is 31.4 Å². The lowest BCUT2D eigenvalue weighted by molar-refractivity contribution is -0.113. The number of amides is 1. The third-order valence-corrected chi connectivity index (χ3v) is 5.98. The highest BCUT2D eigenvalue weighted by Gasteiger charge is 2.20. The van der Waals surface area contributed by atoms with Gasteiger partial charge in [0.25, 0.3) is 0 Å². The minimum Gasteiger partial charge on any atom is -0.495 e. The van der Waals surface area contributed by atoms with Gasteiger partial charge in [0.15, 0.2) is 5.82 Å². The van der Waals surface area contributed by atoms with Crippen LogP contribution in [0.3, 0.4) is 0 Å². The van der Waals surface area contributed by atoms with Gasteiger partial charge in [0.1, 0.15) is 10.8 Å². The van der Waals surface area contributed by atoms with Crippen LogP contribution in [0.5, 0.6) is 5.75 Å². The van der Waals surface area contributed by atoms with Gasteiger partial charge in [0.2, 0.25) is 5.91 Å². The van der Waals surface area contributed by atoms with Crippen molar-refractivity contribution in [3.63, 3.8) is 0 Å². The second-order valence-corrected chi connectivity index (χ2v) is 8.07. The first kappa shape index (κ1) is 21.0. The van der Waals surface area contributed by atoms with Gasteiger partial charge in [-0.1, -0.05) is 42.1 Å². The fraction of sp³-hybridized carbons (Fsp3) is 0.261. The largest absolute Gasteiger partial charge is 0.495 e. The zero-order chi connectivity index (χ0) is 21.5. The minimum atomic E-state index is -0.0606. The Morgan fingerprint density at radius 3 is 2.35 bits per heavy atom. The SMILES string of the molecule is COc1ccccc1N1CCN(c2ccc(SCC(=O)Nc3ccccc3)nn2)CC1. The standard InChI is InChI=1S/C23H25N5O2S/c1-30-20-10-6-5-9-19(20)27-13-15-28(16-14-27)21-11-12-23(26-25-21)31-17-22(29)24-18-7-3-2-4-8-18/h2-12H,13-17H2,1H3,(H,24,29). The fourth-order valence-corrected chi connectivity index (χ4v) is 4.10. The quantitative estimate of drug-likeness (QED) is 0.569. The Labute approximate surface area is 186 Å². The lowest BCUT2D eigenvalue weighted by atomic mass is 10.2. The van der Waals surface area contributed by atoms with Crippen molar-refractivity contribution in [2.75, 3.05) is 54.2 Å². The predicted octanol–water partition coefficient (Wildman–Crippen LogP) is 3.54. The summed E-state index contributed by atoms with van der Waals surface area (Å²) in [6.45, 7) is 3.49. The van der Waals surface area contributed by atoms with E-state index in [4.69, 9.17) is 4.74 Å². The van der Waals surface area contributed by atoms with Crippen LogP contribution in [0.25, 0.3) is 0 Å². The number of anilines is 3. The molecular formula is C23H25N5O2S. The molecule has 1 aliphatic rings. The number of thioether (sulfide) groups is 1. The summed E-state index contributed by atoms with van der Waals surface area (Å²) in [5.41, 5.74) is 1.91. The number of carbonyl (C=O) groups is 1. The molecule has 7 nitrogen and oxygen atoms in total. The lowest BCUT2D eigenvalue weighted by Crippen LogP contribution is -2.47. The van der Waals surface area contributed by atoms with Gasteiger partial charge in [-0.05, 0) is 36.4 Å². The van der Waals surface area contributed by atoms with Crippen molar-refractivity contribution in [1.82, 2.24) is 10.2 Å². The van der Waals surface area contributed by atoms with Crippen molar-refractivity contribution in [3.05, 3.63) is 66.7 Å². The Hall–Kier alpha value is -3.26. The summed E-state index contributed by atoms with van der Waals surface area (Å²) in [7, 11) is 1.70. The molecule has 2 heterocycles. The maximum absolute atomic E-state index is 12.1. The van der Waals surface area contributed by atoms with Gasteiger partial charge in [0.05, 0.1) is 18.6 Å². The normalized spacial score (nSPS) is 13.7. The summed E-state index contributed by atoms with van der Waals surface area (Å²) in [6.07, 6.45) is 0. The molecule has 0 saturated carbocycles. The molecule has 3 aromatic rings. The number of benzene rings is 2. The Bertz CT molecular complexity index is 992. The number of methoxy groups -OCH3 is 1. The third-order valence-electron chi connectivity index (χ3n) is 5.06.